The maximum atomic E-state index is 12.8. The highest BCUT2D eigenvalue weighted by molar-refractivity contribution is 9.10. The zero-order valence-electron chi connectivity index (χ0n) is 15.2. The summed E-state index contributed by atoms with van der Waals surface area (Å²) in [6.07, 6.45) is 0. The molecule has 0 saturated heterocycles. The van der Waals surface area contributed by atoms with E-state index < -0.39 is 0 Å². The molecule has 28 heavy (non-hydrogen) atoms. The van der Waals surface area contributed by atoms with Gasteiger partial charge in [0.15, 0.2) is 17.4 Å². The van der Waals surface area contributed by atoms with Crippen LogP contribution in [-0.2, 0) is 6.54 Å². The minimum atomic E-state index is -0.166. The lowest BCUT2D eigenvalue weighted by molar-refractivity contribution is 0.0966. The summed E-state index contributed by atoms with van der Waals surface area (Å²) in [7, 11) is 0. The van der Waals surface area contributed by atoms with Crippen LogP contribution in [0, 0.1) is 0 Å². The molecular weight excluding hydrogens is 416 g/mol. The molecule has 0 N–H and O–H groups in total. The topological polar surface area (TPSA) is 52.0 Å². The molecule has 1 aromatic heterocycles. The van der Waals surface area contributed by atoms with Gasteiger partial charge in [0.05, 0.1) is 17.6 Å². The summed E-state index contributed by atoms with van der Waals surface area (Å²) in [6, 6.07) is 23.1. The van der Waals surface area contributed by atoms with Gasteiger partial charge in [-0.1, -0.05) is 64.5 Å². The first kappa shape index (κ1) is 18.3. The van der Waals surface area contributed by atoms with E-state index in [1.165, 1.54) is 6.92 Å². The van der Waals surface area contributed by atoms with Crippen molar-refractivity contribution in [3.05, 3.63) is 88.7 Å². The number of ketones is 2. The number of nitrogens with zero attached hydrogens (tertiary/aromatic N) is 2. The summed E-state index contributed by atoms with van der Waals surface area (Å²) in [5.74, 6) is 0.0631. The van der Waals surface area contributed by atoms with Crippen LogP contribution in [0.5, 0.6) is 0 Å². The zero-order valence-corrected chi connectivity index (χ0v) is 16.8. The van der Waals surface area contributed by atoms with E-state index in [0.29, 0.717) is 16.9 Å². The van der Waals surface area contributed by atoms with E-state index in [1.54, 1.807) is 16.7 Å². The van der Waals surface area contributed by atoms with Gasteiger partial charge in [0.25, 0.3) is 0 Å². The monoisotopic (exact) mass is 432 g/mol. The average Bonchev–Trinajstić information content (AvgIpc) is 3.07. The number of hydrogen-bond donors (Lipinski definition) is 0. The van der Waals surface area contributed by atoms with Gasteiger partial charge < -0.3 is 4.57 Å². The van der Waals surface area contributed by atoms with Crippen molar-refractivity contribution >= 4 is 38.5 Å². The van der Waals surface area contributed by atoms with Crippen molar-refractivity contribution in [1.29, 1.82) is 0 Å². The van der Waals surface area contributed by atoms with Crippen molar-refractivity contribution in [2.24, 2.45) is 0 Å². The number of carbonyl (C=O) groups is 2. The maximum Gasteiger partial charge on any atom is 0.195 e. The Kier molecular flexibility index (Phi) is 4.92. The Balaban J connectivity index is 1.76. The van der Waals surface area contributed by atoms with Gasteiger partial charge in [-0.15, -0.1) is 0 Å². The smallest absolute Gasteiger partial charge is 0.195 e. The highest BCUT2D eigenvalue weighted by Gasteiger charge is 2.18. The predicted molar refractivity (Wildman–Crippen MR) is 114 cm³/mol. The van der Waals surface area contributed by atoms with Crippen LogP contribution in [0.25, 0.3) is 22.2 Å². The van der Waals surface area contributed by atoms with Crippen molar-refractivity contribution in [2.45, 2.75) is 13.5 Å². The second kappa shape index (κ2) is 7.52. The summed E-state index contributed by atoms with van der Waals surface area (Å²) < 4.78 is 2.62. The Morgan fingerprint density at radius 1 is 0.929 bits per heavy atom. The molecule has 0 unspecified atom stereocenters. The molecule has 0 aliphatic carbocycles. The van der Waals surface area contributed by atoms with E-state index in [9.17, 15) is 9.59 Å². The second-order valence-electron chi connectivity index (χ2n) is 6.58. The third-order valence-electron chi connectivity index (χ3n) is 4.64. The molecule has 0 saturated carbocycles. The first-order valence-electron chi connectivity index (χ1n) is 8.88. The molecule has 0 radical (unpaired) electrons. The Hall–Kier alpha value is -3.05. The average molecular weight is 433 g/mol. The molecule has 0 aliphatic heterocycles. The number of fused-ring (bicyclic) bond motifs is 1. The summed E-state index contributed by atoms with van der Waals surface area (Å²) >= 11 is 3.37. The third kappa shape index (κ3) is 3.53. The van der Waals surface area contributed by atoms with Gasteiger partial charge in [-0.2, -0.15) is 0 Å². The van der Waals surface area contributed by atoms with Gasteiger partial charge in [-0.25, -0.2) is 4.98 Å². The number of carbonyl (C=O) groups excluding carboxylic acids is 2. The molecule has 3 aromatic carbocycles. The number of rotatable bonds is 5. The molecule has 0 amide bonds. The van der Waals surface area contributed by atoms with E-state index in [1.807, 2.05) is 60.7 Å². The summed E-state index contributed by atoms with van der Waals surface area (Å²) in [4.78, 5) is 29.4. The Morgan fingerprint density at radius 3 is 2.32 bits per heavy atom. The van der Waals surface area contributed by atoms with Gasteiger partial charge in [-0.3, -0.25) is 9.59 Å². The number of aromatic nitrogens is 2. The Bertz CT molecular complexity index is 1180. The molecule has 0 aliphatic rings. The number of benzene rings is 3. The summed E-state index contributed by atoms with van der Waals surface area (Å²) in [5, 5.41) is 0. The molecule has 0 fully saturated rings. The highest BCUT2D eigenvalue weighted by Crippen LogP contribution is 2.25. The number of imidazole rings is 1. The molecule has 138 valence electrons. The van der Waals surface area contributed by atoms with E-state index in [-0.39, 0.29) is 18.1 Å². The van der Waals surface area contributed by atoms with Crippen LogP contribution < -0.4 is 0 Å². The van der Waals surface area contributed by atoms with Crippen molar-refractivity contribution in [2.75, 3.05) is 0 Å². The number of hydrogen-bond acceptors (Lipinski definition) is 3. The van der Waals surface area contributed by atoms with E-state index in [0.717, 1.165) is 21.1 Å². The van der Waals surface area contributed by atoms with Crippen LogP contribution >= 0.6 is 15.9 Å². The molecule has 4 nitrogen and oxygen atoms in total. The van der Waals surface area contributed by atoms with Crippen LogP contribution in [-0.4, -0.2) is 21.1 Å². The standard InChI is InChI=1S/C23H17BrN2O2/c1-15(27)23-25-20-13-18(16-5-3-2-4-6-16)9-12-21(20)26(23)14-22(28)17-7-10-19(24)11-8-17/h2-13H,14H2,1H3. The normalized spacial score (nSPS) is 10.9. The Morgan fingerprint density at radius 2 is 1.64 bits per heavy atom. The molecule has 0 spiro atoms. The SMILES string of the molecule is CC(=O)c1nc2cc(-c3ccccc3)ccc2n1CC(=O)c1ccc(Br)cc1. The fourth-order valence-corrected chi connectivity index (χ4v) is 3.50. The van der Waals surface area contributed by atoms with E-state index >= 15 is 0 Å². The fourth-order valence-electron chi connectivity index (χ4n) is 3.24. The van der Waals surface area contributed by atoms with Crippen molar-refractivity contribution in [3.8, 4) is 11.1 Å². The van der Waals surface area contributed by atoms with Gasteiger partial charge >= 0.3 is 0 Å². The lowest BCUT2D eigenvalue weighted by Crippen LogP contribution is -2.15. The first-order valence-corrected chi connectivity index (χ1v) is 9.67. The molecule has 0 atom stereocenters. The number of halogens is 1. The quantitative estimate of drug-likeness (QED) is 0.388. The van der Waals surface area contributed by atoms with Gasteiger partial charge in [0, 0.05) is 17.0 Å². The second-order valence-corrected chi connectivity index (χ2v) is 7.49. The third-order valence-corrected chi connectivity index (χ3v) is 5.17. The summed E-state index contributed by atoms with van der Waals surface area (Å²) in [5.41, 5.74) is 4.17. The van der Waals surface area contributed by atoms with Crippen molar-refractivity contribution in [3.63, 3.8) is 0 Å². The first-order chi connectivity index (χ1) is 13.5. The molecule has 5 heteroatoms. The lowest BCUT2D eigenvalue weighted by Gasteiger charge is -2.08. The minimum Gasteiger partial charge on any atom is -0.314 e. The number of Topliss-reactive ketones (excluding diaryl/α,β-unsaturated/α-hetero) is 2. The molecule has 1 heterocycles. The predicted octanol–water partition coefficient (Wildman–Crippen LogP) is 5.55. The van der Waals surface area contributed by atoms with Crippen LogP contribution in [0.1, 0.15) is 27.9 Å². The molecule has 4 aromatic rings. The minimum absolute atomic E-state index is 0.0672. The largest absolute Gasteiger partial charge is 0.314 e. The zero-order chi connectivity index (χ0) is 19.7. The van der Waals surface area contributed by atoms with Crippen LogP contribution in [0.3, 0.4) is 0 Å². The van der Waals surface area contributed by atoms with Gasteiger partial charge in [0.2, 0.25) is 0 Å². The molecule has 0 bridgehead atoms. The highest BCUT2D eigenvalue weighted by atomic mass is 79.9. The molecular formula is C23H17BrN2O2. The lowest BCUT2D eigenvalue weighted by atomic mass is 10.1. The maximum absolute atomic E-state index is 12.8. The fraction of sp³-hybridized carbons (Fsp3) is 0.0870. The van der Waals surface area contributed by atoms with Crippen molar-refractivity contribution < 1.29 is 9.59 Å². The van der Waals surface area contributed by atoms with Crippen molar-refractivity contribution in [1.82, 2.24) is 9.55 Å². The van der Waals surface area contributed by atoms with Crippen LogP contribution in [0.15, 0.2) is 77.3 Å². The van der Waals surface area contributed by atoms with Crippen LogP contribution in [0.4, 0.5) is 0 Å². The summed E-state index contributed by atoms with van der Waals surface area (Å²) in [6.45, 7) is 1.54. The van der Waals surface area contributed by atoms with Gasteiger partial charge in [0.1, 0.15) is 0 Å². The molecule has 4 rings (SSSR count). The van der Waals surface area contributed by atoms with Gasteiger partial charge in [-0.05, 0) is 35.4 Å². The Labute approximate surface area is 171 Å². The van der Waals surface area contributed by atoms with E-state index in [4.69, 9.17) is 0 Å². The van der Waals surface area contributed by atoms with E-state index in [2.05, 4.69) is 20.9 Å². The van der Waals surface area contributed by atoms with Crippen LogP contribution in [0.2, 0.25) is 0 Å².